The number of hydrogen-bond acceptors (Lipinski definition) is 4. The van der Waals surface area contributed by atoms with Crippen molar-refractivity contribution in [2.75, 3.05) is 26.2 Å². The molecule has 1 saturated heterocycles. The first-order chi connectivity index (χ1) is 10.4. The number of amides is 1. The summed E-state index contributed by atoms with van der Waals surface area (Å²) < 4.78 is 0. The normalized spacial score (nSPS) is 16.3. The largest absolute Gasteiger partial charge is 0.480 e. The lowest BCUT2D eigenvalue weighted by molar-refractivity contribution is -0.139. The minimum absolute atomic E-state index is 0.0813. The zero-order valence-electron chi connectivity index (χ0n) is 13.5. The standard InChI is InChI=1S/C16H24N2O3S/c1-4-17(9-15(19)20)13-5-7-18(8-6-13)16(21)14-10-22-12(3)11(14)2/h10,13H,4-9H2,1-3H3,(H,19,20). The molecule has 1 fully saturated rings. The Hall–Kier alpha value is -1.40. The molecule has 0 spiro atoms. The van der Waals surface area contributed by atoms with Crippen molar-refractivity contribution in [3.05, 3.63) is 21.4 Å². The third kappa shape index (κ3) is 3.67. The number of aryl methyl sites for hydroxylation is 1. The molecule has 1 aliphatic rings. The van der Waals surface area contributed by atoms with Crippen molar-refractivity contribution >= 4 is 23.2 Å². The Morgan fingerprint density at radius 3 is 2.45 bits per heavy atom. The van der Waals surface area contributed by atoms with Crippen LogP contribution >= 0.6 is 11.3 Å². The second kappa shape index (κ2) is 7.24. The van der Waals surface area contributed by atoms with E-state index in [0.717, 1.165) is 30.5 Å². The van der Waals surface area contributed by atoms with Crippen molar-refractivity contribution in [1.29, 1.82) is 0 Å². The molecule has 1 amide bonds. The fraction of sp³-hybridized carbons (Fsp3) is 0.625. The minimum atomic E-state index is -0.787. The van der Waals surface area contributed by atoms with E-state index in [2.05, 4.69) is 0 Å². The van der Waals surface area contributed by atoms with Crippen molar-refractivity contribution in [3.63, 3.8) is 0 Å². The van der Waals surface area contributed by atoms with Gasteiger partial charge in [-0.05, 0) is 38.8 Å². The maximum absolute atomic E-state index is 12.6. The number of likely N-dealkylation sites (tertiary alicyclic amines) is 1. The molecule has 1 N–H and O–H groups in total. The fourth-order valence-electron chi connectivity index (χ4n) is 3.00. The van der Waals surface area contributed by atoms with Gasteiger partial charge in [-0.3, -0.25) is 14.5 Å². The first-order valence-electron chi connectivity index (χ1n) is 7.73. The van der Waals surface area contributed by atoms with Gasteiger partial charge in [-0.2, -0.15) is 0 Å². The van der Waals surface area contributed by atoms with Gasteiger partial charge < -0.3 is 10.0 Å². The number of piperidine rings is 1. The van der Waals surface area contributed by atoms with Crippen molar-refractivity contribution < 1.29 is 14.7 Å². The Kier molecular flexibility index (Phi) is 5.58. The van der Waals surface area contributed by atoms with Crippen LogP contribution in [0.15, 0.2) is 5.38 Å². The second-order valence-corrected chi connectivity index (χ2v) is 6.89. The lowest BCUT2D eigenvalue weighted by Crippen LogP contribution is -2.48. The summed E-state index contributed by atoms with van der Waals surface area (Å²) in [6.07, 6.45) is 1.68. The van der Waals surface area contributed by atoms with Gasteiger partial charge in [0.1, 0.15) is 0 Å². The van der Waals surface area contributed by atoms with Gasteiger partial charge in [0, 0.05) is 29.4 Å². The van der Waals surface area contributed by atoms with E-state index in [1.807, 2.05) is 36.0 Å². The van der Waals surface area contributed by atoms with Gasteiger partial charge in [0.15, 0.2) is 0 Å². The van der Waals surface area contributed by atoms with E-state index >= 15 is 0 Å². The molecule has 1 aromatic heterocycles. The molecular formula is C16H24N2O3S. The van der Waals surface area contributed by atoms with Crippen LogP contribution in [0.25, 0.3) is 0 Å². The number of likely N-dealkylation sites (N-methyl/N-ethyl adjacent to an activating group) is 1. The number of aliphatic carboxylic acids is 1. The Morgan fingerprint density at radius 2 is 2.00 bits per heavy atom. The zero-order valence-corrected chi connectivity index (χ0v) is 14.3. The Bertz CT molecular complexity index is 548. The van der Waals surface area contributed by atoms with Gasteiger partial charge in [-0.25, -0.2) is 0 Å². The monoisotopic (exact) mass is 324 g/mol. The number of carbonyl (C=O) groups is 2. The summed E-state index contributed by atoms with van der Waals surface area (Å²) in [5.41, 5.74) is 1.90. The van der Waals surface area contributed by atoms with E-state index in [1.165, 1.54) is 4.88 Å². The number of carboxylic acid groups (broad SMARTS) is 1. The van der Waals surface area contributed by atoms with E-state index < -0.39 is 5.97 Å². The van der Waals surface area contributed by atoms with Gasteiger partial charge in [0.25, 0.3) is 5.91 Å². The lowest BCUT2D eigenvalue weighted by Gasteiger charge is -2.37. The molecule has 0 unspecified atom stereocenters. The minimum Gasteiger partial charge on any atom is -0.480 e. The highest BCUT2D eigenvalue weighted by molar-refractivity contribution is 7.10. The molecule has 5 nitrogen and oxygen atoms in total. The summed E-state index contributed by atoms with van der Waals surface area (Å²) in [6.45, 7) is 8.23. The molecule has 0 aliphatic carbocycles. The third-order valence-electron chi connectivity index (χ3n) is 4.53. The highest BCUT2D eigenvalue weighted by Gasteiger charge is 2.28. The average Bonchev–Trinajstić information content (AvgIpc) is 2.84. The summed E-state index contributed by atoms with van der Waals surface area (Å²) in [4.78, 5) is 28.6. The number of hydrogen-bond donors (Lipinski definition) is 1. The zero-order chi connectivity index (χ0) is 16.3. The number of nitrogens with zero attached hydrogens (tertiary/aromatic N) is 2. The first-order valence-corrected chi connectivity index (χ1v) is 8.61. The first kappa shape index (κ1) is 17.0. The quantitative estimate of drug-likeness (QED) is 0.903. The second-order valence-electron chi connectivity index (χ2n) is 5.81. The Balaban J connectivity index is 1.95. The molecule has 0 radical (unpaired) electrons. The highest BCUT2D eigenvalue weighted by Crippen LogP contribution is 2.24. The van der Waals surface area contributed by atoms with Crippen LogP contribution in [-0.2, 0) is 4.79 Å². The average molecular weight is 324 g/mol. The summed E-state index contributed by atoms with van der Waals surface area (Å²) in [6, 6.07) is 0.260. The molecule has 2 rings (SSSR count). The topological polar surface area (TPSA) is 60.9 Å². The molecule has 1 aliphatic heterocycles. The van der Waals surface area contributed by atoms with Crippen molar-refractivity contribution in [2.45, 2.75) is 39.7 Å². The van der Waals surface area contributed by atoms with E-state index in [0.29, 0.717) is 13.1 Å². The lowest BCUT2D eigenvalue weighted by atomic mass is 10.0. The number of rotatable bonds is 5. The molecule has 22 heavy (non-hydrogen) atoms. The van der Waals surface area contributed by atoms with Crippen molar-refractivity contribution in [1.82, 2.24) is 9.80 Å². The van der Waals surface area contributed by atoms with Gasteiger partial charge in [-0.15, -0.1) is 11.3 Å². The molecule has 6 heteroatoms. The highest BCUT2D eigenvalue weighted by atomic mass is 32.1. The molecular weight excluding hydrogens is 300 g/mol. The predicted molar refractivity (Wildman–Crippen MR) is 87.6 cm³/mol. The maximum atomic E-state index is 12.6. The fourth-order valence-corrected chi connectivity index (χ4v) is 3.86. The van der Waals surface area contributed by atoms with Crippen LogP contribution in [0.1, 0.15) is 40.6 Å². The van der Waals surface area contributed by atoms with Crippen LogP contribution in [-0.4, -0.2) is 59.0 Å². The number of carbonyl (C=O) groups excluding carboxylic acids is 1. The number of carboxylic acids is 1. The predicted octanol–water partition coefficient (Wildman–Crippen LogP) is 2.38. The molecule has 122 valence electrons. The molecule has 0 bridgehead atoms. The summed E-state index contributed by atoms with van der Waals surface area (Å²) >= 11 is 1.62. The van der Waals surface area contributed by atoms with E-state index in [1.54, 1.807) is 11.3 Å². The molecule has 0 aromatic carbocycles. The van der Waals surface area contributed by atoms with Crippen LogP contribution in [0.4, 0.5) is 0 Å². The van der Waals surface area contributed by atoms with Crippen LogP contribution in [0.3, 0.4) is 0 Å². The smallest absolute Gasteiger partial charge is 0.317 e. The Morgan fingerprint density at radius 1 is 1.36 bits per heavy atom. The summed E-state index contributed by atoms with van der Waals surface area (Å²) in [5, 5.41) is 10.9. The number of thiophene rings is 1. The van der Waals surface area contributed by atoms with E-state index in [4.69, 9.17) is 5.11 Å². The Labute approximate surface area is 135 Å². The van der Waals surface area contributed by atoms with Crippen LogP contribution in [0.2, 0.25) is 0 Å². The van der Waals surface area contributed by atoms with Crippen LogP contribution in [0, 0.1) is 13.8 Å². The third-order valence-corrected chi connectivity index (χ3v) is 5.54. The van der Waals surface area contributed by atoms with Gasteiger partial charge in [0.05, 0.1) is 12.1 Å². The van der Waals surface area contributed by atoms with Crippen LogP contribution in [0.5, 0.6) is 0 Å². The van der Waals surface area contributed by atoms with E-state index in [-0.39, 0.29) is 18.5 Å². The van der Waals surface area contributed by atoms with Gasteiger partial charge in [0.2, 0.25) is 0 Å². The maximum Gasteiger partial charge on any atom is 0.317 e. The molecule has 0 atom stereocenters. The van der Waals surface area contributed by atoms with Crippen LogP contribution < -0.4 is 0 Å². The van der Waals surface area contributed by atoms with E-state index in [9.17, 15) is 9.59 Å². The molecule has 2 heterocycles. The summed E-state index contributed by atoms with van der Waals surface area (Å²) in [5.74, 6) is -0.675. The SMILES string of the molecule is CCN(CC(=O)O)C1CCN(C(=O)c2csc(C)c2C)CC1. The molecule has 0 saturated carbocycles. The van der Waals surface area contributed by atoms with Crippen molar-refractivity contribution in [2.24, 2.45) is 0 Å². The van der Waals surface area contributed by atoms with Gasteiger partial charge in [-0.1, -0.05) is 6.92 Å². The molecule has 1 aromatic rings. The summed E-state index contributed by atoms with van der Waals surface area (Å²) in [7, 11) is 0. The van der Waals surface area contributed by atoms with Crippen molar-refractivity contribution in [3.8, 4) is 0 Å². The van der Waals surface area contributed by atoms with Gasteiger partial charge >= 0.3 is 5.97 Å².